The fourth-order valence-electron chi connectivity index (χ4n) is 5.43. The Bertz CT molecular complexity index is 1760. The molecule has 0 aliphatic carbocycles. The number of rotatable bonds is 6. The van der Waals surface area contributed by atoms with Crippen LogP contribution in [0.2, 0.25) is 0 Å². The number of amides is 2. The molecule has 2 aromatic carbocycles. The second-order valence-corrected chi connectivity index (χ2v) is 10.1. The van der Waals surface area contributed by atoms with Crippen molar-refractivity contribution in [3.05, 3.63) is 83.9 Å². The zero-order valence-corrected chi connectivity index (χ0v) is 22.8. The van der Waals surface area contributed by atoms with Gasteiger partial charge in [-0.25, -0.2) is 9.78 Å². The van der Waals surface area contributed by atoms with Gasteiger partial charge in [-0.05, 0) is 41.1 Å². The minimum Gasteiger partial charge on any atom is -0.447 e. The van der Waals surface area contributed by atoms with E-state index in [4.69, 9.17) is 9.15 Å². The zero-order chi connectivity index (χ0) is 28.6. The summed E-state index contributed by atoms with van der Waals surface area (Å²) in [7, 11) is 1.75. The maximum Gasteiger partial charge on any atom is 0.414 e. The van der Waals surface area contributed by atoms with Crippen LogP contribution in [0.1, 0.15) is 27.9 Å². The van der Waals surface area contributed by atoms with Crippen LogP contribution in [0, 0.1) is 0 Å². The standard InChI is InChI=1S/C29H27N9O4/c1-35-33-26(32-34-35)25(19-5-3-2-4-6-19)36-11-13-37(14-12-36)28(39)23-17-20(9-10-30-23)27-31-22-18-21(7-8-24(22)42-27)38-15-16-41-29(38)40/h2-10,17-18,25H,11-16H2,1H3. The van der Waals surface area contributed by atoms with Gasteiger partial charge in [-0.15, -0.1) is 10.2 Å². The molecule has 13 heteroatoms. The lowest BCUT2D eigenvalue weighted by Crippen LogP contribution is -2.50. The third kappa shape index (κ3) is 4.83. The molecule has 13 nitrogen and oxygen atoms in total. The summed E-state index contributed by atoms with van der Waals surface area (Å²) < 4.78 is 11.0. The molecule has 7 rings (SSSR count). The molecule has 212 valence electrons. The molecule has 0 bridgehead atoms. The Kier molecular flexibility index (Phi) is 6.55. The van der Waals surface area contributed by atoms with E-state index in [-0.39, 0.29) is 18.0 Å². The van der Waals surface area contributed by atoms with Crippen LogP contribution in [-0.2, 0) is 11.8 Å². The largest absolute Gasteiger partial charge is 0.447 e. The van der Waals surface area contributed by atoms with Gasteiger partial charge in [0.15, 0.2) is 11.4 Å². The first-order valence-corrected chi connectivity index (χ1v) is 13.7. The van der Waals surface area contributed by atoms with E-state index in [1.165, 1.54) is 4.80 Å². The van der Waals surface area contributed by atoms with Gasteiger partial charge in [-0.1, -0.05) is 30.3 Å². The number of nitrogens with zero attached hydrogens (tertiary/aromatic N) is 9. The first-order chi connectivity index (χ1) is 20.5. The molecule has 0 spiro atoms. The van der Waals surface area contributed by atoms with E-state index in [1.54, 1.807) is 48.5 Å². The van der Waals surface area contributed by atoms with E-state index in [2.05, 4.69) is 42.4 Å². The molecule has 2 amide bonds. The van der Waals surface area contributed by atoms with E-state index in [1.807, 2.05) is 23.1 Å². The Hall–Kier alpha value is -5.17. The zero-order valence-electron chi connectivity index (χ0n) is 22.8. The smallest absolute Gasteiger partial charge is 0.414 e. The highest BCUT2D eigenvalue weighted by Gasteiger charge is 2.31. The van der Waals surface area contributed by atoms with Gasteiger partial charge in [0.1, 0.15) is 17.8 Å². The van der Waals surface area contributed by atoms with Crippen LogP contribution in [-0.4, -0.2) is 91.3 Å². The number of aromatic nitrogens is 6. The Balaban J connectivity index is 1.07. The molecule has 2 aliphatic heterocycles. The minimum atomic E-state index is -0.378. The Morgan fingerprint density at radius 3 is 2.55 bits per heavy atom. The quantitative estimate of drug-likeness (QED) is 0.302. The van der Waals surface area contributed by atoms with Gasteiger partial charge in [-0.2, -0.15) is 4.80 Å². The second kappa shape index (κ2) is 10.7. The summed E-state index contributed by atoms with van der Waals surface area (Å²) in [6, 6.07) is 18.8. The van der Waals surface area contributed by atoms with Gasteiger partial charge < -0.3 is 14.1 Å². The lowest BCUT2D eigenvalue weighted by atomic mass is 10.0. The maximum absolute atomic E-state index is 13.5. The van der Waals surface area contributed by atoms with Gasteiger partial charge in [-0.3, -0.25) is 19.6 Å². The van der Waals surface area contributed by atoms with Crippen molar-refractivity contribution in [1.29, 1.82) is 0 Å². The summed E-state index contributed by atoms with van der Waals surface area (Å²) in [5, 5.41) is 12.8. The predicted molar refractivity (Wildman–Crippen MR) is 150 cm³/mol. The molecule has 2 fully saturated rings. The van der Waals surface area contributed by atoms with Crippen molar-refractivity contribution in [2.24, 2.45) is 7.05 Å². The third-order valence-electron chi connectivity index (χ3n) is 7.52. The fourth-order valence-corrected chi connectivity index (χ4v) is 5.43. The third-order valence-corrected chi connectivity index (χ3v) is 7.52. The number of hydrogen-bond acceptors (Lipinski definition) is 10. The normalized spacial score (nSPS) is 16.6. The summed E-state index contributed by atoms with van der Waals surface area (Å²) in [4.78, 5) is 41.5. The number of benzene rings is 2. The van der Waals surface area contributed by atoms with Crippen molar-refractivity contribution in [3.63, 3.8) is 0 Å². The number of cyclic esters (lactones) is 1. The number of aryl methyl sites for hydroxylation is 1. The second-order valence-electron chi connectivity index (χ2n) is 10.1. The highest BCUT2D eigenvalue weighted by molar-refractivity contribution is 5.94. The number of carbonyl (C=O) groups is 2. The van der Waals surface area contributed by atoms with Crippen molar-refractivity contribution >= 4 is 28.8 Å². The number of anilines is 1. The number of fused-ring (bicyclic) bond motifs is 1. The van der Waals surface area contributed by atoms with Crippen LogP contribution >= 0.6 is 0 Å². The number of oxazole rings is 1. The number of hydrogen-bond donors (Lipinski definition) is 0. The van der Waals surface area contributed by atoms with Crippen molar-refractivity contribution in [2.75, 3.05) is 44.2 Å². The molecule has 5 aromatic rings. The molecule has 2 aliphatic rings. The van der Waals surface area contributed by atoms with E-state index in [9.17, 15) is 9.59 Å². The number of ether oxygens (including phenoxy) is 1. The number of tetrazole rings is 1. The highest BCUT2D eigenvalue weighted by atomic mass is 16.6. The van der Waals surface area contributed by atoms with Crippen LogP contribution in [0.15, 0.2) is 71.3 Å². The monoisotopic (exact) mass is 565 g/mol. The SMILES string of the molecule is Cn1nnc(C(c2ccccc2)N2CCN(C(=O)c3cc(-c4nc5cc(N6CCOC6=O)ccc5o4)ccn3)CC2)n1. The van der Waals surface area contributed by atoms with Crippen LogP contribution in [0.5, 0.6) is 0 Å². The number of piperazine rings is 1. The average Bonchev–Trinajstić information content (AvgIpc) is 3.77. The first kappa shape index (κ1) is 25.8. The summed E-state index contributed by atoms with van der Waals surface area (Å²) in [6.45, 7) is 3.18. The van der Waals surface area contributed by atoms with Crippen LogP contribution in [0.25, 0.3) is 22.6 Å². The van der Waals surface area contributed by atoms with Crippen LogP contribution in [0.4, 0.5) is 10.5 Å². The Labute approximate surface area is 240 Å². The molecule has 5 heterocycles. The molecule has 0 saturated carbocycles. The van der Waals surface area contributed by atoms with Crippen molar-refractivity contribution in [1.82, 2.24) is 40.0 Å². The predicted octanol–water partition coefficient (Wildman–Crippen LogP) is 2.92. The first-order valence-electron chi connectivity index (χ1n) is 13.7. The Morgan fingerprint density at radius 2 is 1.81 bits per heavy atom. The molecule has 1 unspecified atom stereocenters. The van der Waals surface area contributed by atoms with Gasteiger partial charge in [0.2, 0.25) is 5.89 Å². The Morgan fingerprint density at radius 1 is 0.976 bits per heavy atom. The minimum absolute atomic E-state index is 0.156. The van der Waals surface area contributed by atoms with E-state index < -0.39 is 0 Å². The molecule has 2 saturated heterocycles. The maximum atomic E-state index is 13.5. The average molecular weight is 566 g/mol. The van der Waals surface area contributed by atoms with Gasteiger partial charge in [0, 0.05) is 43.6 Å². The summed E-state index contributed by atoms with van der Waals surface area (Å²) in [5.41, 5.74) is 3.91. The van der Waals surface area contributed by atoms with Crippen molar-refractivity contribution in [3.8, 4) is 11.5 Å². The van der Waals surface area contributed by atoms with Crippen LogP contribution in [0.3, 0.4) is 0 Å². The van der Waals surface area contributed by atoms with E-state index >= 15 is 0 Å². The van der Waals surface area contributed by atoms with Crippen molar-refractivity contribution in [2.45, 2.75) is 6.04 Å². The van der Waals surface area contributed by atoms with E-state index in [0.717, 1.165) is 5.56 Å². The van der Waals surface area contributed by atoms with Gasteiger partial charge in [0.25, 0.3) is 5.91 Å². The van der Waals surface area contributed by atoms with Crippen molar-refractivity contribution < 1.29 is 18.7 Å². The molecular weight excluding hydrogens is 538 g/mol. The summed E-state index contributed by atoms with van der Waals surface area (Å²) in [5.74, 6) is 0.842. The molecule has 3 aromatic heterocycles. The lowest BCUT2D eigenvalue weighted by molar-refractivity contribution is 0.0586. The number of pyridine rings is 1. The van der Waals surface area contributed by atoms with Gasteiger partial charge >= 0.3 is 6.09 Å². The number of carbonyl (C=O) groups excluding carboxylic acids is 2. The highest BCUT2D eigenvalue weighted by Crippen LogP contribution is 2.30. The topological polar surface area (TPSA) is 136 Å². The lowest BCUT2D eigenvalue weighted by Gasteiger charge is -2.38. The molecule has 42 heavy (non-hydrogen) atoms. The van der Waals surface area contributed by atoms with E-state index in [0.29, 0.717) is 79.1 Å². The van der Waals surface area contributed by atoms with Gasteiger partial charge in [0.05, 0.1) is 19.6 Å². The molecule has 0 N–H and O–H groups in total. The molecular formula is C29H27N9O4. The summed E-state index contributed by atoms with van der Waals surface area (Å²) >= 11 is 0. The molecule has 1 atom stereocenters. The van der Waals surface area contributed by atoms with Crippen LogP contribution < -0.4 is 4.90 Å². The fraction of sp³-hybridized carbons (Fsp3) is 0.276. The molecule has 0 radical (unpaired) electrons. The summed E-state index contributed by atoms with van der Waals surface area (Å²) in [6.07, 6.45) is 1.21.